The van der Waals surface area contributed by atoms with Crippen LogP contribution in [0.2, 0.25) is 0 Å². The minimum absolute atomic E-state index is 0.406. The van der Waals surface area contributed by atoms with E-state index < -0.39 is 12.0 Å². The first-order valence-electron chi connectivity index (χ1n) is 5.70. The maximum absolute atomic E-state index is 10.9. The monoisotopic (exact) mass is 249 g/mol. The molecule has 0 aromatic rings. The highest BCUT2D eigenvalue weighted by molar-refractivity contribution is 5.75. The normalized spacial score (nSPS) is 12.4. The van der Waals surface area contributed by atoms with Crippen molar-refractivity contribution in [3.8, 4) is 0 Å². The van der Waals surface area contributed by atoms with E-state index in [1.54, 1.807) is 7.11 Å². The largest absolute Gasteiger partial charge is 0.468 e. The first kappa shape index (κ1) is 16.3. The van der Waals surface area contributed by atoms with Gasteiger partial charge in [-0.25, -0.2) is 0 Å². The van der Waals surface area contributed by atoms with Gasteiger partial charge >= 0.3 is 5.97 Å². The van der Waals surface area contributed by atoms with Crippen molar-refractivity contribution in [1.29, 1.82) is 0 Å². The van der Waals surface area contributed by atoms with Crippen molar-refractivity contribution in [3.63, 3.8) is 0 Å². The van der Waals surface area contributed by atoms with Gasteiger partial charge in [-0.2, -0.15) is 0 Å². The summed E-state index contributed by atoms with van der Waals surface area (Å²) in [5, 5.41) is 0. The zero-order chi connectivity index (χ0) is 12.9. The van der Waals surface area contributed by atoms with Crippen LogP contribution in [0.4, 0.5) is 0 Å². The van der Waals surface area contributed by atoms with Crippen molar-refractivity contribution in [2.24, 2.45) is 5.73 Å². The topological polar surface area (TPSA) is 80.0 Å². The van der Waals surface area contributed by atoms with Crippen LogP contribution in [0.15, 0.2) is 0 Å². The number of hydrogen-bond acceptors (Lipinski definition) is 6. The molecule has 0 amide bonds. The Morgan fingerprint density at radius 3 is 2.29 bits per heavy atom. The van der Waals surface area contributed by atoms with E-state index in [0.717, 1.165) is 6.42 Å². The maximum atomic E-state index is 10.9. The quantitative estimate of drug-likeness (QED) is 0.408. The molecule has 0 aromatic carbocycles. The summed E-state index contributed by atoms with van der Waals surface area (Å²) < 4.78 is 19.9. The summed E-state index contributed by atoms with van der Waals surface area (Å²) in [6.07, 6.45) is 1.29. The third-order valence-electron chi connectivity index (χ3n) is 2.09. The van der Waals surface area contributed by atoms with Crippen LogP contribution in [-0.4, -0.2) is 59.3 Å². The lowest BCUT2D eigenvalue weighted by Gasteiger charge is -2.09. The highest BCUT2D eigenvalue weighted by atomic mass is 16.5. The van der Waals surface area contributed by atoms with Crippen molar-refractivity contribution in [3.05, 3.63) is 0 Å². The van der Waals surface area contributed by atoms with E-state index in [0.29, 0.717) is 39.5 Å². The van der Waals surface area contributed by atoms with Crippen LogP contribution in [0.3, 0.4) is 0 Å². The molecule has 1 atom stereocenters. The lowest BCUT2D eigenvalue weighted by atomic mass is 10.2. The molecule has 0 aromatic heterocycles. The second-order valence-electron chi connectivity index (χ2n) is 3.49. The number of hydrogen-bond donors (Lipinski definition) is 1. The summed E-state index contributed by atoms with van der Waals surface area (Å²) in [5.41, 5.74) is 5.53. The van der Waals surface area contributed by atoms with Crippen molar-refractivity contribution >= 4 is 5.97 Å². The Morgan fingerprint density at radius 2 is 1.71 bits per heavy atom. The minimum Gasteiger partial charge on any atom is -0.468 e. The molecule has 0 aliphatic carbocycles. The first-order chi connectivity index (χ1) is 8.22. The molecular weight excluding hydrogens is 226 g/mol. The van der Waals surface area contributed by atoms with Crippen molar-refractivity contribution in [1.82, 2.24) is 0 Å². The molecule has 0 saturated heterocycles. The summed E-state index contributed by atoms with van der Waals surface area (Å²) in [5.74, 6) is -0.406. The lowest BCUT2D eigenvalue weighted by molar-refractivity contribution is -0.142. The van der Waals surface area contributed by atoms with Crippen LogP contribution in [-0.2, 0) is 23.7 Å². The third kappa shape index (κ3) is 10.2. The Labute approximate surface area is 102 Å². The first-order valence-corrected chi connectivity index (χ1v) is 5.70. The third-order valence-corrected chi connectivity index (χ3v) is 2.09. The summed E-state index contributed by atoms with van der Waals surface area (Å²) in [7, 11) is 2.96. The van der Waals surface area contributed by atoms with E-state index in [2.05, 4.69) is 4.74 Å². The number of esters is 1. The highest BCUT2D eigenvalue weighted by Gasteiger charge is 2.12. The molecule has 102 valence electrons. The minimum atomic E-state index is -0.599. The average molecular weight is 249 g/mol. The Morgan fingerprint density at radius 1 is 1.06 bits per heavy atom. The zero-order valence-corrected chi connectivity index (χ0v) is 10.6. The predicted octanol–water partition coefficient (Wildman–Crippen LogP) is -0.0535. The maximum Gasteiger partial charge on any atom is 0.322 e. The molecule has 0 aliphatic rings. The molecule has 0 spiro atoms. The standard InChI is InChI=1S/C11H23NO5/c1-14-8-9-17-6-3-5-16-7-4-10(12)11(13)15-2/h10H,3-9,12H2,1-2H3. The van der Waals surface area contributed by atoms with Gasteiger partial charge in [0.25, 0.3) is 0 Å². The van der Waals surface area contributed by atoms with Gasteiger partial charge in [-0.1, -0.05) is 0 Å². The van der Waals surface area contributed by atoms with Crippen LogP contribution in [0, 0.1) is 0 Å². The van der Waals surface area contributed by atoms with Crippen LogP contribution < -0.4 is 5.73 Å². The van der Waals surface area contributed by atoms with Gasteiger partial charge in [0.2, 0.25) is 0 Å². The Kier molecular flexibility index (Phi) is 11.3. The molecule has 6 nitrogen and oxygen atoms in total. The van der Waals surface area contributed by atoms with Crippen LogP contribution >= 0.6 is 0 Å². The fraction of sp³-hybridized carbons (Fsp3) is 0.909. The van der Waals surface area contributed by atoms with Crippen molar-refractivity contribution < 1.29 is 23.7 Å². The average Bonchev–Trinajstić information content (AvgIpc) is 2.35. The summed E-state index contributed by atoms with van der Waals surface area (Å²) in [4.78, 5) is 10.9. The predicted molar refractivity (Wildman–Crippen MR) is 62.7 cm³/mol. The lowest BCUT2D eigenvalue weighted by Crippen LogP contribution is -2.32. The van der Waals surface area contributed by atoms with E-state index in [1.807, 2.05) is 0 Å². The number of methoxy groups -OCH3 is 2. The van der Waals surface area contributed by atoms with Gasteiger partial charge in [0.15, 0.2) is 0 Å². The summed E-state index contributed by atoms with van der Waals surface area (Å²) >= 11 is 0. The van der Waals surface area contributed by atoms with E-state index in [9.17, 15) is 4.79 Å². The fourth-order valence-corrected chi connectivity index (χ4v) is 1.09. The molecule has 6 heteroatoms. The van der Waals surface area contributed by atoms with E-state index in [4.69, 9.17) is 19.9 Å². The molecule has 1 unspecified atom stereocenters. The summed E-state index contributed by atoms with van der Waals surface area (Å²) in [6.45, 7) is 2.90. The van der Waals surface area contributed by atoms with Gasteiger partial charge < -0.3 is 24.7 Å². The SMILES string of the molecule is COCCOCCCOCCC(N)C(=O)OC. The van der Waals surface area contributed by atoms with Crippen LogP contribution in [0.1, 0.15) is 12.8 Å². The smallest absolute Gasteiger partial charge is 0.322 e. The summed E-state index contributed by atoms with van der Waals surface area (Å²) in [6, 6.07) is -0.599. The Balaban J connectivity index is 3.15. The molecule has 0 aliphatic heterocycles. The van der Waals surface area contributed by atoms with Crippen molar-refractivity contribution in [2.75, 3.05) is 47.3 Å². The molecule has 2 N–H and O–H groups in total. The number of nitrogens with two attached hydrogens (primary N) is 1. The van der Waals surface area contributed by atoms with Crippen LogP contribution in [0.5, 0.6) is 0 Å². The second kappa shape index (κ2) is 11.8. The Bertz CT molecular complexity index is 189. The van der Waals surface area contributed by atoms with Crippen molar-refractivity contribution in [2.45, 2.75) is 18.9 Å². The van der Waals surface area contributed by atoms with E-state index in [-0.39, 0.29) is 0 Å². The zero-order valence-electron chi connectivity index (χ0n) is 10.6. The molecule has 0 radical (unpaired) electrons. The van der Waals surface area contributed by atoms with E-state index >= 15 is 0 Å². The second-order valence-corrected chi connectivity index (χ2v) is 3.49. The fourth-order valence-electron chi connectivity index (χ4n) is 1.09. The van der Waals surface area contributed by atoms with Crippen LogP contribution in [0.25, 0.3) is 0 Å². The van der Waals surface area contributed by atoms with Gasteiger partial charge in [-0.05, 0) is 12.8 Å². The van der Waals surface area contributed by atoms with Gasteiger partial charge in [0.05, 0.1) is 20.3 Å². The molecule has 0 rings (SSSR count). The molecule has 0 bridgehead atoms. The van der Waals surface area contributed by atoms with Gasteiger partial charge in [-0.15, -0.1) is 0 Å². The van der Waals surface area contributed by atoms with Gasteiger partial charge in [-0.3, -0.25) is 4.79 Å². The molecule has 0 saturated carbocycles. The highest BCUT2D eigenvalue weighted by Crippen LogP contribution is 1.93. The van der Waals surface area contributed by atoms with E-state index in [1.165, 1.54) is 7.11 Å². The number of carbonyl (C=O) groups excluding carboxylic acids is 1. The molecule has 0 fully saturated rings. The van der Waals surface area contributed by atoms with Gasteiger partial charge in [0.1, 0.15) is 6.04 Å². The van der Waals surface area contributed by atoms with Gasteiger partial charge in [0, 0.05) is 26.9 Å². The number of rotatable bonds is 11. The molecular formula is C11H23NO5. The Hall–Kier alpha value is -0.690. The number of carbonyl (C=O) groups is 1. The molecule has 17 heavy (non-hydrogen) atoms. The molecule has 0 heterocycles. The number of ether oxygens (including phenoxy) is 4.